The summed E-state index contributed by atoms with van der Waals surface area (Å²) in [4.78, 5) is 31.8. The molecule has 0 radical (unpaired) electrons. The molecule has 0 saturated carbocycles. The number of aromatic nitrogens is 4. The number of aromatic amines is 1. The van der Waals surface area contributed by atoms with Crippen LogP contribution in [0.25, 0.3) is 44.6 Å². The number of rotatable bonds is 5. The Morgan fingerprint density at radius 3 is 2.33 bits per heavy atom. The minimum atomic E-state index is -0.172. The molecule has 3 aromatic carbocycles. The Labute approximate surface area is 216 Å². The largest absolute Gasteiger partial charge is 0.341 e. The molecule has 3 heterocycles. The molecular weight excluding hydrogens is 488 g/mol. The van der Waals surface area contributed by atoms with Crippen LogP contribution in [-0.4, -0.2) is 19.9 Å². The predicted molar refractivity (Wildman–Crippen MR) is 147 cm³/mol. The van der Waals surface area contributed by atoms with Gasteiger partial charge in [0.15, 0.2) is 11.2 Å². The molecule has 3 aromatic heterocycles. The van der Waals surface area contributed by atoms with E-state index in [1.807, 2.05) is 84.9 Å². The fourth-order valence-electron chi connectivity index (χ4n) is 4.15. The van der Waals surface area contributed by atoms with Crippen LogP contribution in [0, 0.1) is 0 Å². The predicted octanol–water partition coefficient (Wildman–Crippen LogP) is 7.15. The van der Waals surface area contributed by atoms with Crippen LogP contribution in [-0.2, 0) is 5.75 Å². The fraction of sp³-hybridized carbons (Fsp3) is 0.0345. The van der Waals surface area contributed by atoms with Crippen molar-refractivity contribution in [2.45, 2.75) is 10.6 Å². The van der Waals surface area contributed by atoms with Gasteiger partial charge in [-0.2, -0.15) is 0 Å². The molecule has 6 rings (SSSR count). The van der Waals surface area contributed by atoms with Crippen molar-refractivity contribution in [3.63, 3.8) is 0 Å². The molecule has 0 aliphatic carbocycles. The Balaban J connectivity index is 1.52. The standard InChI is InChI=1S/C29H19ClN4OS/c30-23-15-20(14-19-10-7-13-31-25(19)23)27-26(18-8-3-1-4-9-18)34-29-28(33-27)24(35)16-21(32-29)17-36-22-11-5-2-6-12-22/h1-16H,17H2,(H,32,34,35). The SMILES string of the molecule is O=c1cc(CSc2ccccc2)[nH]c2nc(-c3ccccc3)c(-c3cc(Cl)c4ncccc4c3)nc12. The Bertz CT molecular complexity index is 1770. The van der Waals surface area contributed by atoms with Gasteiger partial charge in [0.05, 0.1) is 21.9 Å². The molecule has 0 bridgehead atoms. The average Bonchev–Trinajstić information content (AvgIpc) is 2.92. The monoisotopic (exact) mass is 506 g/mol. The third-order valence-corrected chi connectivity index (χ3v) is 7.18. The lowest BCUT2D eigenvalue weighted by Crippen LogP contribution is -2.09. The van der Waals surface area contributed by atoms with E-state index in [9.17, 15) is 4.79 Å². The zero-order chi connectivity index (χ0) is 24.5. The molecule has 5 nitrogen and oxygen atoms in total. The van der Waals surface area contributed by atoms with Crippen LogP contribution in [0.2, 0.25) is 5.02 Å². The average molecular weight is 507 g/mol. The van der Waals surface area contributed by atoms with Crippen molar-refractivity contribution in [1.82, 2.24) is 19.9 Å². The van der Waals surface area contributed by atoms with Crippen molar-refractivity contribution < 1.29 is 0 Å². The molecule has 0 spiro atoms. The number of hydrogen-bond acceptors (Lipinski definition) is 5. The highest BCUT2D eigenvalue weighted by Gasteiger charge is 2.17. The summed E-state index contributed by atoms with van der Waals surface area (Å²) >= 11 is 8.24. The zero-order valence-corrected chi connectivity index (χ0v) is 20.6. The van der Waals surface area contributed by atoms with Gasteiger partial charge in [-0.1, -0.05) is 66.2 Å². The third kappa shape index (κ3) is 4.37. The first-order valence-corrected chi connectivity index (χ1v) is 12.7. The van der Waals surface area contributed by atoms with Crippen LogP contribution in [0.3, 0.4) is 0 Å². The van der Waals surface area contributed by atoms with Crippen LogP contribution < -0.4 is 5.43 Å². The highest BCUT2D eigenvalue weighted by atomic mass is 35.5. The van der Waals surface area contributed by atoms with Gasteiger partial charge in [0.25, 0.3) is 0 Å². The molecule has 6 aromatic rings. The maximum Gasteiger partial charge on any atom is 0.209 e. The van der Waals surface area contributed by atoms with Gasteiger partial charge in [-0.15, -0.1) is 11.8 Å². The Kier molecular flexibility index (Phi) is 5.97. The fourth-order valence-corrected chi connectivity index (χ4v) is 5.25. The summed E-state index contributed by atoms with van der Waals surface area (Å²) in [6.07, 6.45) is 1.71. The Morgan fingerprint density at radius 1 is 0.778 bits per heavy atom. The zero-order valence-electron chi connectivity index (χ0n) is 19.0. The number of hydrogen-bond donors (Lipinski definition) is 1. The molecule has 36 heavy (non-hydrogen) atoms. The molecule has 174 valence electrons. The number of pyridine rings is 2. The van der Waals surface area contributed by atoms with Crippen LogP contribution >= 0.6 is 23.4 Å². The molecule has 0 aliphatic rings. The van der Waals surface area contributed by atoms with Gasteiger partial charge < -0.3 is 4.98 Å². The number of fused-ring (bicyclic) bond motifs is 2. The van der Waals surface area contributed by atoms with E-state index in [2.05, 4.69) is 9.97 Å². The van der Waals surface area contributed by atoms with Gasteiger partial charge in [-0.3, -0.25) is 9.78 Å². The van der Waals surface area contributed by atoms with Crippen LogP contribution in [0.15, 0.2) is 107 Å². The van der Waals surface area contributed by atoms with Gasteiger partial charge in [0.2, 0.25) is 5.43 Å². The first-order valence-electron chi connectivity index (χ1n) is 11.4. The van der Waals surface area contributed by atoms with Crippen molar-refractivity contribution in [1.29, 1.82) is 0 Å². The molecule has 0 atom stereocenters. The lowest BCUT2D eigenvalue weighted by atomic mass is 10.0. The van der Waals surface area contributed by atoms with E-state index in [-0.39, 0.29) is 5.43 Å². The van der Waals surface area contributed by atoms with Crippen molar-refractivity contribution in [3.05, 3.63) is 118 Å². The van der Waals surface area contributed by atoms with Crippen LogP contribution in [0.4, 0.5) is 0 Å². The summed E-state index contributed by atoms with van der Waals surface area (Å²) in [5.41, 5.74) is 5.03. The van der Waals surface area contributed by atoms with Gasteiger partial charge in [0.1, 0.15) is 0 Å². The third-order valence-electron chi connectivity index (χ3n) is 5.83. The van der Waals surface area contributed by atoms with Gasteiger partial charge >= 0.3 is 0 Å². The number of thioether (sulfide) groups is 1. The van der Waals surface area contributed by atoms with Crippen LogP contribution in [0.1, 0.15) is 5.69 Å². The number of nitrogens with zero attached hydrogens (tertiary/aromatic N) is 3. The maximum absolute atomic E-state index is 13.2. The second-order valence-electron chi connectivity index (χ2n) is 8.28. The highest BCUT2D eigenvalue weighted by Crippen LogP contribution is 2.34. The number of benzene rings is 3. The second-order valence-corrected chi connectivity index (χ2v) is 9.73. The molecule has 1 N–H and O–H groups in total. The van der Waals surface area contributed by atoms with Crippen molar-refractivity contribution in [2.24, 2.45) is 0 Å². The first-order chi connectivity index (χ1) is 17.7. The summed E-state index contributed by atoms with van der Waals surface area (Å²) in [5.74, 6) is 0.618. The molecular formula is C29H19ClN4OS. The summed E-state index contributed by atoms with van der Waals surface area (Å²) in [5, 5.41) is 1.41. The molecule has 0 unspecified atom stereocenters. The minimum absolute atomic E-state index is 0.172. The normalized spacial score (nSPS) is 11.2. The van der Waals surface area contributed by atoms with Crippen molar-refractivity contribution in [3.8, 4) is 22.5 Å². The smallest absolute Gasteiger partial charge is 0.209 e. The number of halogens is 1. The molecule has 0 aliphatic heterocycles. The molecule has 0 saturated heterocycles. The lowest BCUT2D eigenvalue weighted by Gasteiger charge is -2.12. The van der Waals surface area contributed by atoms with E-state index in [0.717, 1.165) is 32.6 Å². The highest BCUT2D eigenvalue weighted by molar-refractivity contribution is 7.98. The van der Waals surface area contributed by atoms with Crippen molar-refractivity contribution >= 4 is 45.4 Å². The molecule has 0 fully saturated rings. The topological polar surface area (TPSA) is 71.5 Å². The summed E-state index contributed by atoms with van der Waals surface area (Å²) < 4.78 is 0. The first kappa shape index (κ1) is 22.5. The summed E-state index contributed by atoms with van der Waals surface area (Å²) in [6, 6.07) is 29.2. The van der Waals surface area contributed by atoms with E-state index in [1.165, 1.54) is 0 Å². The van der Waals surface area contributed by atoms with E-state index in [1.54, 1.807) is 24.0 Å². The Hall–Kier alpha value is -4.00. The van der Waals surface area contributed by atoms with Gasteiger partial charge in [-0.05, 0) is 30.3 Å². The van der Waals surface area contributed by atoms with E-state index in [4.69, 9.17) is 21.6 Å². The summed E-state index contributed by atoms with van der Waals surface area (Å²) in [7, 11) is 0. The number of H-pyrrole nitrogens is 1. The van der Waals surface area contributed by atoms with E-state index in [0.29, 0.717) is 33.3 Å². The van der Waals surface area contributed by atoms with E-state index >= 15 is 0 Å². The summed E-state index contributed by atoms with van der Waals surface area (Å²) in [6.45, 7) is 0. The van der Waals surface area contributed by atoms with Gasteiger partial charge in [0, 0.05) is 45.1 Å². The second kappa shape index (κ2) is 9.57. The number of nitrogens with one attached hydrogen (secondary N) is 1. The van der Waals surface area contributed by atoms with Gasteiger partial charge in [-0.25, -0.2) is 9.97 Å². The van der Waals surface area contributed by atoms with E-state index < -0.39 is 0 Å². The van der Waals surface area contributed by atoms with Crippen molar-refractivity contribution in [2.75, 3.05) is 0 Å². The lowest BCUT2D eigenvalue weighted by molar-refractivity contribution is 1.15. The minimum Gasteiger partial charge on any atom is -0.341 e. The quantitative estimate of drug-likeness (QED) is 0.251. The molecule has 0 amide bonds. The molecule has 7 heteroatoms. The Morgan fingerprint density at radius 2 is 1.53 bits per heavy atom. The maximum atomic E-state index is 13.2. The van der Waals surface area contributed by atoms with Crippen LogP contribution in [0.5, 0.6) is 0 Å².